The molecular weight excluding hydrogens is 554 g/mol. The average Bonchev–Trinajstić information content (AvgIpc) is 3.36. The molecule has 0 saturated carbocycles. The lowest BCUT2D eigenvalue weighted by atomic mass is 9.90. The van der Waals surface area contributed by atoms with Crippen LogP contribution in [0.2, 0.25) is 10.0 Å². The minimum Gasteiger partial charge on any atom is -0.348 e. The fourth-order valence-corrected chi connectivity index (χ4v) is 5.48. The number of carbonyl (C=O) groups excluding carboxylic acids is 1. The Morgan fingerprint density at radius 2 is 1.51 bits per heavy atom. The van der Waals surface area contributed by atoms with Crippen molar-refractivity contribution >= 4 is 40.9 Å². The summed E-state index contributed by atoms with van der Waals surface area (Å²) in [5, 5.41) is 13.3. The summed E-state index contributed by atoms with van der Waals surface area (Å²) in [5.41, 5.74) is 3.30. The van der Waals surface area contributed by atoms with E-state index in [1.54, 1.807) is 34.9 Å². The van der Waals surface area contributed by atoms with Gasteiger partial charge in [-0.3, -0.25) is 9.36 Å². The molecule has 1 N–H and O–H groups in total. The zero-order valence-corrected chi connectivity index (χ0v) is 22.9. The number of nitrogens with zero attached hydrogens (tertiary/aromatic N) is 3. The first kappa shape index (κ1) is 26.9. The Balaban J connectivity index is 1.43. The van der Waals surface area contributed by atoms with Gasteiger partial charge in [-0.2, -0.15) is 0 Å². The molecule has 0 saturated heterocycles. The summed E-state index contributed by atoms with van der Waals surface area (Å²) >= 11 is 14.3. The third-order valence-electron chi connectivity index (χ3n) is 6.08. The molecule has 5 nitrogen and oxygen atoms in total. The van der Waals surface area contributed by atoms with E-state index >= 15 is 0 Å². The average molecular weight is 578 g/mol. The van der Waals surface area contributed by atoms with Crippen molar-refractivity contribution in [1.29, 1.82) is 0 Å². The molecule has 5 rings (SSSR count). The van der Waals surface area contributed by atoms with E-state index in [4.69, 9.17) is 23.2 Å². The Morgan fingerprint density at radius 3 is 2.15 bits per heavy atom. The molecule has 4 aromatic carbocycles. The first-order valence-electron chi connectivity index (χ1n) is 12.1. The molecule has 9 heteroatoms. The Kier molecular flexibility index (Phi) is 8.61. The van der Waals surface area contributed by atoms with Crippen LogP contribution in [0.15, 0.2) is 108 Å². The minimum absolute atomic E-state index is 0.113. The largest absolute Gasteiger partial charge is 0.348 e. The standard InChI is InChI=1S/C30H23Cl2FN4OS/c31-23-13-16-25(32)26(17-23)37-27(35-36-30(37)39-19-20-11-14-24(33)15-12-20)18-34-29(38)28(21-7-3-1-4-8-21)22-9-5-2-6-10-22/h1-17,28H,18-19H2,(H,34,38). The fraction of sp³-hybridized carbons (Fsp3) is 0.100. The molecule has 1 heterocycles. The summed E-state index contributed by atoms with van der Waals surface area (Å²) < 4.78 is 15.1. The van der Waals surface area contributed by atoms with E-state index in [-0.39, 0.29) is 18.3 Å². The highest BCUT2D eigenvalue weighted by Crippen LogP contribution is 2.31. The Bertz CT molecular complexity index is 1520. The van der Waals surface area contributed by atoms with Crippen molar-refractivity contribution in [2.24, 2.45) is 0 Å². The van der Waals surface area contributed by atoms with Gasteiger partial charge in [0.2, 0.25) is 5.91 Å². The normalized spacial score (nSPS) is 11.1. The quantitative estimate of drug-likeness (QED) is 0.185. The molecule has 0 aliphatic carbocycles. The van der Waals surface area contributed by atoms with Gasteiger partial charge >= 0.3 is 0 Å². The predicted octanol–water partition coefficient (Wildman–Crippen LogP) is 7.45. The third kappa shape index (κ3) is 6.50. The lowest BCUT2D eigenvalue weighted by Gasteiger charge is -2.18. The van der Waals surface area contributed by atoms with Gasteiger partial charge in [-0.15, -0.1) is 10.2 Å². The van der Waals surface area contributed by atoms with Gasteiger partial charge in [-0.1, -0.05) is 108 Å². The monoisotopic (exact) mass is 576 g/mol. The van der Waals surface area contributed by atoms with E-state index in [9.17, 15) is 9.18 Å². The third-order valence-corrected chi connectivity index (χ3v) is 7.63. The van der Waals surface area contributed by atoms with Crippen LogP contribution in [0, 0.1) is 5.82 Å². The maximum Gasteiger partial charge on any atom is 0.232 e. The van der Waals surface area contributed by atoms with E-state index in [1.807, 2.05) is 60.7 Å². The number of hydrogen-bond acceptors (Lipinski definition) is 4. The Morgan fingerprint density at radius 1 is 0.872 bits per heavy atom. The summed E-state index contributed by atoms with van der Waals surface area (Å²) in [7, 11) is 0. The van der Waals surface area contributed by atoms with E-state index in [2.05, 4.69) is 15.5 Å². The van der Waals surface area contributed by atoms with Gasteiger partial charge in [0.25, 0.3) is 0 Å². The molecular formula is C30H23Cl2FN4OS. The second-order valence-corrected chi connectivity index (χ2v) is 10.5. The van der Waals surface area contributed by atoms with Crippen LogP contribution in [0.1, 0.15) is 28.4 Å². The summed E-state index contributed by atoms with van der Waals surface area (Å²) in [4.78, 5) is 13.6. The molecule has 1 amide bonds. The highest BCUT2D eigenvalue weighted by molar-refractivity contribution is 7.98. The molecule has 0 radical (unpaired) electrons. The maximum atomic E-state index is 13.6. The SMILES string of the molecule is O=C(NCc1nnc(SCc2ccc(F)cc2)n1-c1cc(Cl)ccc1Cl)C(c1ccccc1)c1ccccc1. The van der Waals surface area contributed by atoms with Crippen LogP contribution in [-0.4, -0.2) is 20.7 Å². The number of carbonyl (C=O) groups is 1. The van der Waals surface area contributed by atoms with Crippen LogP contribution in [-0.2, 0) is 17.1 Å². The molecule has 0 unspecified atom stereocenters. The Hall–Kier alpha value is -3.65. The molecule has 39 heavy (non-hydrogen) atoms. The zero-order chi connectivity index (χ0) is 27.2. The molecule has 0 atom stereocenters. The molecule has 0 fully saturated rings. The van der Waals surface area contributed by atoms with Crippen LogP contribution in [0.25, 0.3) is 5.69 Å². The molecule has 196 valence electrons. The van der Waals surface area contributed by atoms with Gasteiger partial charge in [0.1, 0.15) is 5.82 Å². The van der Waals surface area contributed by atoms with Crippen molar-refractivity contribution in [1.82, 2.24) is 20.1 Å². The molecule has 0 aliphatic heterocycles. The summed E-state index contributed by atoms with van der Waals surface area (Å²) in [6.07, 6.45) is 0. The van der Waals surface area contributed by atoms with E-state index < -0.39 is 5.92 Å². The topological polar surface area (TPSA) is 59.8 Å². The van der Waals surface area contributed by atoms with Crippen molar-refractivity contribution in [2.75, 3.05) is 0 Å². The number of halogens is 3. The number of thioether (sulfide) groups is 1. The Labute approximate surface area is 240 Å². The summed E-state index contributed by atoms with van der Waals surface area (Å²) in [6.45, 7) is 0.113. The van der Waals surface area contributed by atoms with E-state index in [0.29, 0.717) is 32.5 Å². The van der Waals surface area contributed by atoms with Crippen molar-refractivity contribution in [3.63, 3.8) is 0 Å². The van der Waals surface area contributed by atoms with Gasteiger partial charge in [0, 0.05) is 10.8 Å². The zero-order valence-electron chi connectivity index (χ0n) is 20.6. The van der Waals surface area contributed by atoms with Gasteiger partial charge in [0.15, 0.2) is 11.0 Å². The lowest BCUT2D eigenvalue weighted by molar-refractivity contribution is -0.121. The van der Waals surface area contributed by atoms with Crippen LogP contribution in [0.4, 0.5) is 4.39 Å². The summed E-state index contributed by atoms with van der Waals surface area (Å²) in [5.74, 6) is 0.0759. The lowest BCUT2D eigenvalue weighted by Crippen LogP contribution is -2.30. The predicted molar refractivity (Wildman–Crippen MR) is 154 cm³/mol. The van der Waals surface area contributed by atoms with Crippen LogP contribution in [0.5, 0.6) is 0 Å². The summed E-state index contributed by atoms with van der Waals surface area (Å²) in [6, 6.07) is 30.7. The highest BCUT2D eigenvalue weighted by Gasteiger charge is 2.24. The molecule has 5 aromatic rings. The number of nitrogens with one attached hydrogen (secondary N) is 1. The van der Waals surface area contributed by atoms with E-state index in [1.165, 1.54) is 23.9 Å². The first-order valence-corrected chi connectivity index (χ1v) is 13.9. The van der Waals surface area contributed by atoms with Crippen molar-refractivity contribution < 1.29 is 9.18 Å². The molecule has 1 aromatic heterocycles. The van der Waals surface area contributed by atoms with Gasteiger partial charge in [0.05, 0.1) is 23.2 Å². The number of aromatic nitrogens is 3. The van der Waals surface area contributed by atoms with Gasteiger partial charge in [-0.25, -0.2) is 4.39 Å². The molecule has 0 aliphatic rings. The van der Waals surface area contributed by atoms with Crippen LogP contribution < -0.4 is 5.32 Å². The maximum absolute atomic E-state index is 13.6. The smallest absolute Gasteiger partial charge is 0.232 e. The van der Waals surface area contributed by atoms with Crippen molar-refractivity contribution in [3.05, 3.63) is 142 Å². The fourth-order valence-electron chi connectivity index (χ4n) is 4.19. The van der Waals surface area contributed by atoms with Crippen molar-refractivity contribution in [2.45, 2.75) is 23.4 Å². The number of rotatable bonds is 9. The van der Waals surface area contributed by atoms with Crippen LogP contribution >= 0.6 is 35.0 Å². The number of hydrogen-bond donors (Lipinski definition) is 1. The van der Waals surface area contributed by atoms with Gasteiger partial charge < -0.3 is 5.32 Å². The van der Waals surface area contributed by atoms with Gasteiger partial charge in [-0.05, 0) is 47.0 Å². The number of benzene rings is 4. The number of amides is 1. The second-order valence-electron chi connectivity index (χ2n) is 8.72. The minimum atomic E-state index is -0.495. The molecule has 0 spiro atoms. The van der Waals surface area contributed by atoms with Crippen molar-refractivity contribution in [3.8, 4) is 5.69 Å². The van der Waals surface area contributed by atoms with E-state index in [0.717, 1.165) is 16.7 Å². The molecule has 0 bridgehead atoms. The van der Waals surface area contributed by atoms with Crippen LogP contribution in [0.3, 0.4) is 0 Å². The highest BCUT2D eigenvalue weighted by atomic mass is 35.5. The first-order chi connectivity index (χ1) is 19.0. The second kappa shape index (κ2) is 12.5.